The lowest BCUT2D eigenvalue weighted by atomic mass is 10.1. The molecule has 6 nitrogen and oxygen atoms in total. The first-order chi connectivity index (χ1) is 11.5. The van der Waals surface area contributed by atoms with E-state index in [2.05, 4.69) is 22.8 Å². The maximum absolute atomic E-state index is 12.3. The predicted octanol–water partition coefficient (Wildman–Crippen LogP) is 3.52. The van der Waals surface area contributed by atoms with Crippen molar-refractivity contribution < 1.29 is 9.72 Å². The number of hydrogen-bond donors (Lipinski definition) is 2. The third kappa shape index (κ3) is 3.53. The molecule has 0 aliphatic heterocycles. The van der Waals surface area contributed by atoms with Gasteiger partial charge in [-0.2, -0.15) is 0 Å². The molecule has 1 atom stereocenters. The maximum atomic E-state index is 12.3. The quantitative estimate of drug-likeness (QED) is 0.650. The van der Waals surface area contributed by atoms with E-state index in [0.29, 0.717) is 5.69 Å². The number of nitro groups is 1. The van der Waals surface area contributed by atoms with Crippen LogP contribution in [0, 0.1) is 10.1 Å². The van der Waals surface area contributed by atoms with Gasteiger partial charge >= 0.3 is 0 Å². The number of nitro benzene ring substituents is 1. The highest BCUT2D eigenvalue weighted by molar-refractivity contribution is 5.96. The Morgan fingerprint density at radius 3 is 2.46 bits per heavy atom. The lowest BCUT2D eigenvalue weighted by Gasteiger charge is -2.16. The summed E-state index contributed by atoms with van der Waals surface area (Å²) in [6.45, 7) is 1.79. The van der Waals surface area contributed by atoms with Crippen molar-refractivity contribution in [3.05, 3.63) is 63.7 Å². The Balaban J connectivity index is 1.61. The van der Waals surface area contributed by atoms with Crippen molar-refractivity contribution in [3.8, 4) is 0 Å². The van der Waals surface area contributed by atoms with Crippen LogP contribution in [0.1, 0.15) is 24.5 Å². The number of amides is 1. The second-order valence-corrected chi connectivity index (χ2v) is 6.00. The van der Waals surface area contributed by atoms with Crippen molar-refractivity contribution >= 4 is 23.0 Å². The zero-order valence-electron chi connectivity index (χ0n) is 13.4. The van der Waals surface area contributed by atoms with Crippen LogP contribution in [0.4, 0.5) is 17.1 Å². The minimum atomic E-state index is -0.469. The van der Waals surface area contributed by atoms with Gasteiger partial charge in [0.15, 0.2) is 0 Å². The Labute approximate surface area is 140 Å². The number of non-ortho nitro benzene ring substituents is 1. The third-order valence-electron chi connectivity index (χ3n) is 4.22. The lowest BCUT2D eigenvalue weighted by Crippen LogP contribution is -2.31. The summed E-state index contributed by atoms with van der Waals surface area (Å²) in [6.07, 6.45) is 3.41. The highest BCUT2D eigenvalue weighted by Gasteiger charge is 2.16. The number of fused-ring (bicyclic) bond motifs is 1. The number of carbonyl (C=O) groups excluding carboxylic acids is 1. The zero-order chi connectivity index (χ0) is 17.1. The summed E-state index contributed by atoms with van der Waals surface area (Å²) in [5, 5.41) is 16.6. The molecule has 1 unspecified atom stereocenters. The highest BCUT2D eigenvalue weighted by atomic mass is 16.6. The number of rotatable bonds is 5. The first-order valence-electron chi connectivity index (χ1n) is 7.96. The molecule has 1 aliphatic carbocycles. The van der Waals surface area contributed by atoms with Gasteiger partial charge in [-0.3, -0.25) is 14.9 Å². The fourth-order valence-electron chi connectivity index (χ4n) is 2.89. The Bertz CT molecular complexity index is 772. The summed E-state index contributed by atoms with van der Waals surface area (Å²) >= 11 is 0. The molecule has 0 radical (unpaired) electrons. The minimum Gasteiger partial charge on any atom is -0.374 e. The molecule has 0 saturated heterocycles. The SMILES string of the molecule is CC(Nc1ccc2c(c1)CCC2)C(=O)Nc1ccc([N+](=O)[O-])cc1. The number of nitrogens with one attached hydrogen (secondary N) is 2. The molecule has 24 heavy (non-hydrogen) atoms. The molecule has 2 aromatic rings. The number of carbonyl (C=O) groups is 1. The van der Waals surface area contributed by atoms with Gasteiger partial charge in [-0.05, 0) is 61.6 Å². The Kier molecular flexibility index (Phi) is 4.46. The molecule has 1 aliphatic rings. The minimum absolute atomic E-state index is 0.00249. The summed E-state index contributed by atoms with van der Waals surface area (Å²) < 4.78 is 0. The standard InChI is InChI=1S/C18H19N3O3/c1-12(19-16-6-5-13-3-2-4-14(13)11-16)18(22)20-15-7-9-17(10-8-15)21(23)24/h5-12,19H,2-4H2,1H3,(H,20,22). The van der Waals surface area contributed by atoms with Crippen LogP contribution in [0.5, 0.6) is 0 Å². The molecule has 0 bridgehead atoms. The number of aryl methyl sites for hydroxylation is 2. The van der Waals surface area contributed by atoms with Crippen molar-refractivity contribution in [2.24, 2.45) is 0 Å². The van der Waals surface area contributed by atoms with Crippen LogP contribution in [0.25, 0.3) is 0 Å². The van der Waals surface area contributed by atoms with Crippen molar-refractivity contribution in [1.29, 1.82) is 0 Å². The molecule has 0 saturated carbocycles. The Hall–Kier alpha value is -2.89. The monoisotopic (exact) mass is 325 g/mol. The second-order valence-electron chi connectivity index (χ2n) is 6.00. The van der Waals surface area contributed by atoms with Crippen LogP contribution in [0.15, 0.2) is 42.5 Å². The van der Waals surface area contributed by atoms with E-state index in [1.54, 1.807) is 6.92 Å². The number of nitrogens with zero attached hydrogens (tertiary/aromatic N) is 1. The molecule has 3 rings (SSSR count). The molecular weight excluding hydrogens is 306 g/mol. The molecule has 0 spiro atoms. The predicted molar refractivity (Wildman–Crippen MR) is 93.3 cm³/mol. The van der Waals surface area contributed by atoms with Gasteiger partial charge in [0.25, 0.3) is 5.69 Å². The normalized spacial score (nSPS) is 13.9. The van der Waals surface area contributed by atoms with E-state index < -0.39 is 11.0 Å². The highest BCUT2D eigenvalue weighted by Crippen LogP contribution is 2.25. The van der Waals surface area contributed by atoms with E-state index in [1.165, 1.54) is 41.8 Å². The average Bonchev–Trinajstić information content (AvgIpc) is 3.03. The van der Waals surface area contributed by atoms with Gasteiger partial charge in [0.2, 0.25) is 5.91 Å². The smallest absolute Gasteiger partial charge is 0.269 e. The fourth-order valence-corrected chi connectivity index (χ4v) is 2.89. The van der Waals surface area contributed by atoms with Gasteiger partial charge in [0.1, 0.15) is 6.04 Å². The van der Waals surface area contributed by atoms with Crippen molar-refractivity contribution in [1.82, 2.24) is 0 Å². The van der Waals surface area contributed by atoms with Gasteiger partial charge in [0.05, 0.1) is 4.92 Å². The van der Waals surface area contributed by atoms with Crippen molar-refractivity contribution in [2.75, 3.05) is 10.6 Å². The summed E-state index contributed by atoms with van der Waals surface area (Å²) in [5.41, 5.74) is 4.21. The average molecular weight is 325 g/mol. The number of benzene rings is 2. The number of anilines is 2. The van der Waals surface area contributed by atoms with Crippen LogP contribution in [0.2, 0.25) is 0 Å². The molecular formula is C18H19N3O3. The largest absolute Gasteiger partial charge is 0.374 e. The zero-order valence-corrected chi connectivity index (χ0v) is 13.4. The van der Waals surface area contributed by atoms with Gasteiger partial charge in [-0.1, -0.05) is 6.07 Å². The molecule has 0 heterocycles. The second kappa shape index (κ2) is 6.70. The third-order valence-corrected chi connectivity index (χ3v) is 4.22. The molecule has 1 amide bonds. The van der Waals surface area contributed by atoms with E-state index in [0.717, 1.165) is 18.5 Å². The first-order valence-corrected chi connectivity index (χ1v) is 7.96. The molecule has 2 N–H and O–H groups in total. The van der Waals surface area contributed by atoms with E-state index in [-0.39, 0.29) is 11.6 Å². The van der Waals surface area contributed by atoms with E-state index in [9.17, 15) is 14.9 Å². The summed E-state index contributed by atoms with van der Waals surface area (Å²) in [5.74, 6) is -0.190. The van der Waals surface area contributed by atoms with E-state index >= 15 is 0 Å². The summed E-state index contributed by atoms with van der Waals surface area (Å²) in [7, 11) is 0. The van der Waals surface area contributed by atoms with Crippen LogP contribution in [-0.4, -0.2) is 16.9 Å². The van der Waals surface area contributed by atoms with Crippen LogP contribution in [-0.2, 0) is 17.6 Å². The molecule has 6 heteroatoms. The van der Waals surface area contributed by atoms with E-state index in [4.69, 9.17) is 0 Å². The van der Waals surface area contributed by atoms with Gasteiger partial charge < -0.3 is 10.6 Å². The first kappa shape index (κ1) is 16.0. The van der Waals surface area contributed by atoms with Crippen molar-refractivity contribution in [3.63, 3.8) is 0 Å². The Morgan fingerprint density at radius 1 is 1.08 bits per heavy atom. The van der Waals surface area contributed by atoms with Gasteiger partial charge in [-0.25, -0.2) is 0 Å². The maximum Gasteiger partial charge on any atom is 0.269 e. The van der Waals surface area contributed by atoms with E-state index in [1.807, 2.05) is 6.07 Å². The fraction of sp³-hybridized carbons (Fsp3) is 0.278. The molecule has 0 aromatic heterocycles. The lowest BCUT2D eigenvalue weighted by molar-refractivity contribution is -0.384. The van der Waals surface area contributed by atoms with Crippen LogP contribution >= 0.6 is 0 Å². The van der Waals surface area contributed by atoms with Gasteiger partial charge in [-0.15, -0.1) is 0 Å². The van der Waals surface area contributed by atoms with Crippen LogP contribution in [0.3, 0.4) is 0 Å². The summed E-state index contributed by atoms with van der Waals surface area (Å²) in [6, 6.07) is 11.6. The molecule has 2 aromatic carbocycles. The van der Waals surface area contributed by atoms with Crippen LogP contribution < -0.4 is 10.6 Å². The van der Waals surface area contributed by atoms with Gasteiger partial charge in [0, 0.05) is 23.5 Å². The molecule has 0 fully saturated rings. The summed E-state index contributed by atoms with van der Waals surface area (Å²) in [4.78, 5) is 22.4. The van der Waals surface area contributed by atoms with Crippen molar-refractivity contribution in [2.45, 2.75) is 32.2 Å². The Morgan fingerprint density at radius 2 is 1.75 bits per heavy atom. The topological polar surface area (TPSA) is 84.3 Å². The molecule has 124 valence electrons. The number of hydrogen-bond acceptors (Lipinski definition) is 4.